The van der Waals surface area contributed by atoms with Crippen LogP contribution in [0.25, 0.3) is 0 Å². The first kappa shape index (κ1) is 16.9. The molecule has 0 aliphatic carbocycles. The summed E-state index contributed by atoms with van der Waals surface area (Å²) in [6.45, 7) is 7.94. The molecule has 5 heteroatoms. The lowest BCUT2D eigenvalue weighted by Crippen LogP contribution is -2.47. The summed E-state index contributed by atoms with van der Waals surface area (Å²) in [5.74, 6) is 1.36. The third-order valence-corrected chi connectivity index (χ3v) is 4.47. The van der Waals surface area contributed by atoms with Gasteiger partial charge in [0.25, 0.3) is 0 Å². The number of hydrogen-bond donors (Lipinski definition) is 0. The maximum atomic E-state index is 12.3. The minimum absolute atomic E-state index is 0.169. The van der Waals surface area contributed by atoms with Gasteiger partial charge in [-0.2, -0.15) is 0 Å². The first-order valence-electron chi connectivity index (χ1n) is 8.06. The van der Waals surface area contributed by atoms with Crippen molar-refractivity contribution in [1.29, 1.82) is 0 Å². The van der Waals surface area contributed by atoms with E-state index in [4.69, 9.17) is 16.3 Å². The summed E-state index contributed by atoms with van der Waals surface area (Å²) in [5.41, 5.74) is 0. The van der Waals surface area contributed by atoms with Crippen molar-refractivity contribution in [3.8, 4) is 5.75 Å². The maximum absolute atomic E-state index is 12.3. The van der Waals surface area contributed by atoms with Crippen LogP contribution in [0.1, 0.15) is 26.7 Å². The van der Waals surface area contributed by atoms with Crippen LogP contribution in [0, 0.1) is 5.92 Å². The van der Waals surface area contributed by atoms with Gasteiger partial charge in [-0.15, -0.1) is 0 Å². The number of likely N-dealkylation sites (tertiary alicyclic amines) is 1. The fourth-order valence-corrected chi connectivity index (χ4v) is 2.86. The SMILES string of the molecule is CCN(CC)C(=O)N1CCC(COc2ccc(Cl)cc2)CC1. The van der Waals surface area contributed by atoms with Crippen molar-refractivity contribution in [3.05, 3.63) is 29.3 Å². The Bertz CT molecular complexity index is 466. The summed E-state index contributed by atoms with van der Waals surface area (Å²) >= 11 is 5.86. The third-order valence-electron chi connectivity index (χ3n) is 4.22. The second kappa shape index (κ2) is 8.28. The number of hydrogen-bond acceptors (Lipinski definition) is 2. The molecule has 0 atom stereocenters. The summed E-state index contributed by atoms with van der Waals surface area (Å²) in [6.07, 6.45) is 2.00. The topological polar surface area (TPSA) is 32.8 Å². The fourth-order valence-electron chi connectivity index (χ4n) is 2.73. The van der Waals surface area contributed by atoms with E-state index in [1.165, 1.54) is 0 Å². The van der Waals surface area contributed by atoms with E-state index < -0.39 is 0 Å². The minimum Gasteiger partial charge on any atom is -0.493 e. The molecular weight excluding hydrogens is 300 g/mol. The van der Waals surface area contributed by atoms with Crippen LogP contribution in [0.2, 0.25) is 5.02 Å². The molecule has 1 aliphatic rings. The van der Waals surface area contributed by atoms with Crippen LogP contribution in [0.4, 0.5) is 4.79 Å². The Hall–Kier alpha value is -1.42. The normalized spacial score (nSPS) is 15.7. The molecule has 1 fully saturated rings. The number of nitrogens with zero attached hydrogens (tertiary/aromatic N) is 2. The lowest BCUT2D eigenvalue weighted by Gasteiger charge is -2.35. The maximum Gasteiger partial charge on any atom is 0.319 e. The second-order valence-electron chi connectivity index (χ2n) is 5.65. The lowest BCUT2D eigenvalue weighted by molar-refractivity contribution is 0.121. The highest BCUT2D eigenvalue weighted by Gasteiger charge is 2.25. The third kappa shape index (κ3) is 4.54. The first-order valence-corrected chi connectivity index (χ1v) is 8.44. The first-order chi connectivity index (χ1) is 10.6. The van der Waals surface area contributed by atoms with Gasteiger partial charge in [-0.3, -0.25) is 0 Å². The number of halogens is 1. The van der Waals surface area contributed by atoms with Crippen LogP contribution in [-0.4, -0.2) is 48.6 Å². The van der Waals surface area contributed by atoms with Gasteiger partial charge in [-0.1, -0.05) is 11.6 Å². The molecule has 0 spiro atoms. The van der Waals surface area contributed by atoms with E-state index in [0.29, 0.717) is 12.5 Å². The van der Waals surface area contributed by atoms with E-state index in [1.54, 1.807) is 0 Å². The molecule has 0 unspecified atom stereocenters. The molecule has 1 aromatic carbocycles. The van der Waals surface area contributed by atoms with Crippen molar-refractivity contribution in [3.63, 3.8) is 0 Å². The number of carbonyl (C=O) groups excluding carboxylic acids is 1. The highest BCUT2D eigenvalue weighted by atomic mass is 35.5. The van der Waals surface area contributed by atoms with Crippen molar-refractivity contribution in [2.24, 2.45) is 5.92 Å². The Morgan fingerprint density at radius 1 is 1.23 bits per heavy atom. The highest BCUT2D eigenvalue weighted by molar-refractivity contribution is 6.30. The molecule has 122 valence electrons. The van der Waals surface area contributed by atoms with Gasteiger partial charge in [0.1, 0.15) is 5.75 Å². The van der Waals surface area contributed by atoms with Crippen LogP contribution in [-0.2, 0) is 0 Å². The van der Waals surface area contributed by atoms with Gasteiger partial charge in [0.2, 0.25) is 0 Å². The molecule has 2 amide bonds. The molecule has 0 bridgehead atoms. The predicted molar refractivity (Wildman–Crippen MR) is 89.6 cm³/mol. The van der Waals surface area contributed by atoms with E-state index >= 15 is 0 Å². The van der Waals surface area contributed by atoms with Crippen molar-refractivity contribution >= 4 is 17.6 Å². The van der Waals surface area contributed by atoms with Gasteiger partial charge in [0.05, 0.1) is 6.61 Å². The van der Waals surface area contributed by atoms with Gasteiger partial charge < -0.3 is 14.5 Å². The molecule has 1 heterocycles. The molecule has 0 radical (unpaired) electrons. The largest absolute Gasteiger partial charge is 0.493 e. The average molecular weight is 325 g/mol. The lowest BCUT2D eigenvalue weighted by atomic mass is 9.98. The Balaban J connectivity index is 1.75. The zero-order chi connectivity index (χ0) is 15.9. The van der Waals surface area contributed by atoms with Gasteiger partial charge in [0, 0.05) is 31.2 Å². The van der Waals surface area contributed by atoms with E-state index in [1.807, 2.05) is 47.9 Å². The van der Waals surface area contributed by atoms with Crippen molar-refractivity contribution in [1.82, 2.24) is 9.80 Å². The number of ether oxygens (including phenoxy) is 1. The van der Waals surface area contributed by atoms with Crippen LogP contribution < -0.4 is 4.74 Å². The number of carbonyl (C=O) groups is 1. The Labute approximate surface area is 138 Å². The number of piperidine rings is 1. The average Bonchev–Trinajstić information content (AvgIpc) is 2.56. The molecule has 1 aromatic rings. The summed E-state index contributed by atoms with van der Waals surface area (Å²) in [6, 6.07) is 7.62. The van der Waals surface area contributed by atoms with Crippen LogP contribution in [0.3, 0.4) is 0 Å². The molecule has 4 nitrogen and oxygen atoms in total. The summed E-state index contributed by atoms with van der Waals surface area (Å²) in [7, 11) is 0. The molecule has 0 aromatic heterocycles. The predicted octanol–water partition coefficient (Wildman–Crippen LogP) is 3.89. The van der Waals surface area contributed by atoms with Crippen molar-refractivity contribution < 1.29 is 9.53 Å². The van der Waals surface area contributed by atoms with Gasteiger partial charge in [-0.05, 0) is 56.9 Å². The summed E-state index contributed by atoms with van der Waals surface area (Å²) in [5, 5.41) is 0.718. The van der Waals surface area contributed by atoms with Crippen LogP contribution in [0.15, 0.2) is 24.3 Å². The molecule has 1 aliphatic heterocycles. The minimum atomic E-state index is 0.169. The van der Waals surface area contributed by atoms with Gasteiger partial charge >= 0.3 is 6.03 Å². The summed E-state index contributed by atoms with van der Waals surface area (Å²) < 4.78 is 5.81. The number of rotatable bonds is 5. The zero-order valence-electron chi connectivity index (χ0n) is 13.4. The zero-order valence-corrected chi connectivity index (χ0v) is 14.2. The highest BCUT2D eigenvalue weighted by Crippen LogP contribution is 2.21. The van der Waals surface area contributed by atoms with Crippen LogP contribution >= 0.6 is 11.6 Å². The molecule has 1 saturated heterocycles. The number of amides is 2. The molecule has 2 rings (SSSR count). The van der Waals surface area contributed by atoms with Gasteiger partial charge in [-0.25, -0.2) is 4.79 Å². The molecule has 0 N–H and O–H groups in total. The van der Waals surface area contributed by atoms with Crippen LogP contribution in [0.5, 0.6) is 5.75 Å². The Morgan fingerprint density at radius 3 is 2.36 bits per heavy atom. The Kier molecular flexibility index (Phi) is 6.37. The van der Waals surface area contributed by atoms with Gasteiger partial charge in [0.15, 0.2) is 0 Å². The second-order valence-corrected chi connectivity index (χ2v) is 6.09. The standard InChI is InChI=1S/C17H25ClN2O2/c1-3-19(4-2)17(21)20-11-9-14(10-12-20)13-22-16-7-5-15(18)6-8-16/h5-8,14H,3-4,9-13H2,1-2H3. The Morgan fingerprint density at radius 2 is 1.82 bits per heavy atom. The van der Waals surface area contributed by atoms with E-state index in [9.17, 15) is 4.79 Å². The van der Waals surface area contributed by atoms with Crippen molar-refractivity contribution in [2.45, 2.75) is 26.7 Å². The van der Waals surface area contributed by atoms with E-state index in [-0.39, 0.29) is 6.03 Å². The quantitative estimate of drug-likeness (QED) is 0.823. The molecule has 0 saturated carbocycles. The fraction of sp³-hybridized carbons (Fsp3) is 0.588. The number of benzene rings is 1. The molecular formula is C17H25ClN2O2. The van der Waals surface area contributed by atoms with E-state index in [0.717, 1.165) is 49.8 Å². The summed E-state index contributed by atoms with van der Waals surface area (Å²) in [4.78, 5) is 16.1. The van der Waals surface area contributed by atoms with E-state index in [2.05, 4.69) is 0 Å². The monoisotopic (exact) mass is 324 g/mol. The molecule has 22 heavy (non-hydrogen) atoms. The van der Waals surface area contributed by atoms with Crippen molar-refractivity contribution in [2.75, 3.05) is 32.8 Å². The number of urea groups is 1. The smallest absolute Gasteiger partial charge is 0.319 e.